The van der Waals surface area contributed by atoms with Gasteiger partial charge in [-0.05, 0) is 263 Å². The van der Waals surface area contributed by atoms with Gasteiger partial charge in [-0.25, -0.2) is 0 Å². The Labute approximate surface area is 653 Å². The number of rotatable bonds is 8. The summed E-state index contributed by atoms with van der Waals surface area (Å²) in [5, 5.41) is 17.3. The smallest absolute Gasteiger partial charge is 0.0732 e. The highest BCUT2D eigenvalue weighted by Gasteiger charge is 2.56. The van der Waals surface area contributed by atoms with Gasteiger partial charge in [0.1, 0.15) is 0 Å². The fourth-order valence-electron chi connectivity index (χ4n) is 21.6. The Balaban J connectivity index is 0.702. The van der Waals surface area contributed by atoms with Gasteiger partial charge >= 0.3 is 0 Å². The second-order valence-corrected chi connectivity index (χ2v) is 31.1. The van der Waals surface area contributed by atoms with E-state index in [1.165, 1.54) is 170 Å². The predicted octanol–water partition coefficient (Wildman–Crippen LogP) is 29.0. The van der Waals surface area contributed by atoms with Crippen molar-refractivity contribution in [1.82, 2.24) is 4.57 Å². The number of aromatic nitrogens is 1. The number of hydrogen-bond donors (Lipinski definition) is 0. The molecule has 25 rings (SSSR count). The van der Waals surface area contributed by atoms with Crippen molar-refractivity contribution in [3.8, 4) is 61.3 Å². The van der Waals surface area contributed by atoms with Crippen molar-refractivity contribution >= 4 is 121 Å². The van der Waals surface area contributed by atoms with E-state index in [9.17, 15) is 0 Å². The average molecular weight is 1430 g/mol. The molecule has 0 atom stereocenters. The van der Waals surface area contributed by atoms with E-state index in [1.807, 2.05) is 0 Å². The molecule has 2 spiro atoms. The van der Waals surface area contributed by atoms with Crippen LogP contribution in [0.2, 0.25) is 0 Å². The number of hydrogen-bond acceptors (Lipinski definition) is 2. The molecule has 522 valence electrons. The summed E-state index contributed by atoms with van der Waals surface area (Å²) >= 11 is 0. The lowest BCUT2D eigenvalue weighted by Crippen LogP contribution is -2.26. The summed E-state index contributed by atoms with van der Waals surface area (Å²) in [5.74, 6) is 0. The molecule has 113 heavy (non-hydrogen) atoms. The van der Waals surface area contributed by atoms with Crippen molar-refractivity contribution in [2.45, 2.75) is 10.8 Å². The minimum absolute atomic E-state index is 0.610. The molecule has 0 fully saturated rings. The molecule has 1 heterocycles. The number of para-hydroxylation sites is 4. The van der Waals surface area contributed by atoms with Gasteiger partial charge in [0.2, 0.25) is 0 Å². The summed E-state index contributed by atoms with van der Waals surface area (Å²) in [4.78, 5) is 4.95. The fourth-order valence-corrected chi connectivity index (χ4v) is 21.6. The first kappa shape index (κ1) is 62.3. The summed E-state index contributed by atoms with van der Waals surface area (Å²) in [6.45, 7) is 0. The molecule has 0 bridgehead atoms. The third-order valence-electron chi connectivity index (χ3n) is 25.8. The highest BCUT2D eigenvalue weighted by Crippen LogP contribution is 2.70. The molecule has 0 radical (unpaired) electrons. The summed E-state index contributed by atoms with van der Waals surface area (Å²) in [5.41, 5.74) is 32.1. The molecular formula is C110H67N3. The summed E-state index contributed by atoms with van der Waals surface area (Å²) < 4.78 is 2.47. The van der Waals surface area contributed by atoms with E-state index < -0.39 is 10.8 Å². The third kappa shape index (κ3) is 8.31. The molecule has 0 N–H and O–H groups in total. The van der Waals surface area contributed by atoms with Gasteiger partial charge in [-0.2, -0.15) is 0 Å². The minimum atomic E-state index is -0.653. The standard InChI is InChI=1S/C110H67N3/c1-5-29-71(30-6-1)111(72-31-7-2-8-32-72)75-56-59-90-91(65-75)80-39-14-18-46-87(80)105-103-77-58-53-68(63-70(77)54-60-98(103)109(108(90)105)94-49-25-21-40-81(94)82-41-22-26-50-95(82)109)69-55-61-100-92(64-69)93-66-76(57-62-101(93)113(100)74-35-11-4-12-36-74)112(73-33-9-3-10-34-73)102-67-99-104(88-47-19-16-44-85(88)102)106-86-45-17-13-37-78(86)79-38-15-20-48-89(79)107(106)110(99)96-51-27-23-42-83(96)84-43-24-28-52-97(84)110/h1-67H. The Morgan fingerprint density at radius 2 is 0.566 bits per heavy atom. The van der Waals surface area contributed by atoms with Crippen molar-refractivity contribution in [3.63, 3.8) is 0 Å². The normalized spacial score (nSPS) is 13.5. The molecule has 3 heteroatoms. The average Bonchev–Trinajstić information content (AvgIpc) is 1.50. The summed E-state index contributed by atoms with van der Waals surface area (Å²) in [6.07, 6.45) is 0. The zero-order chi connectivity index (χ0) is 73.8. The van der Waals surface area contributed by atoms with Crippen LogP contribution in [-0.4, -0.2) is 4.57 Å². The lowest BCUT2D eigenvalue weighted by Gasteiger charge is -2.33. The molecule has 4 aliphatic carbocycles. The second kappa shape index (κ2) is 23.4. The van der Waals surface area contributed by atoms with Crippen molar-refractivity contribution < 1.29 is 0 Å². The lowest BCUT2D eigenvalue weighted by atomic mass is 9.69. The quantitative estimate of drug-likeness (QED) is 0.141. The van der Waals surface area contributed by atoms with Crippen LogP contribution in [0.5, 0.6) is 0 Å². The molecule has 0 amide bonds. The van der Waals surface area contributed by atoms with Crippen LogP contribution in [0.4, 0.5) is 34.1 Å². The number of fused-ring (bicyclic) bond motifs is 37. The maximum atomic E-state index is 2.61. The largest absolute Gasteiger partial charge is 0.310 e. The number of anilines is 6. The Bertz CT molecular complexity index is 7550. The van der Waals surface area contributed by atoms with Crippen molar-refractivity contribution in [3.05, 3.63) is 451 Å². The Kier molecular flexibility index (Phi) is 12.9. The molecule has 0 unspecified atom stereocenters. The zero-order valence-electron chi connectivity index (χ0n) is 61.5. The van der Waals surface area contributed by atoms with Crippen LogP contribution >= 0.6 is 0 Å². The third-order valence-corrected chi connectivity index (χ3v) is 25.8. The van der Waals surface area contributed by atoms with Crippen LogP contribution in [0.1, 0.15) is 44.5 Å². The first-order valence-corrected chi connectivity index (χ1v) is 39.5. The number of nitrogens with zero attached hydrogens (tertiary/aromatic N) is 3. The van der Waals surface area contributed by atoms with Crippen LogP contribution in [-0.2, 0) is 10.8 Å². The molecule has 1 aromatic heterocycles. The maximum Gasteiger partial charge on any atom is 0.0732 e. The van der Waals surface area contributed by atoms with E-state index in [1.54, 1.807) is 0 Å². The van der Waals surface area contributed by atoms with Crippen LogP contribution < -0.4 is 9.80 Å². The van der Waals surface area contributed by atoms with E-state index in [0.29, 0.717) is 0 Å². The zero-order valence-corrected chi connectivity index (χ0v) is 61.5. The SMILES string of the molecule is c1ccc(N(c2ccccc2)c2ccc3c4c(c5ccccc5c3c2)-c2c(ccc3cc(-c5ccc6c(c5)c5cc(N(c7ccccc7)c7cc8c(c9ccccc79)-c7c(c9ccccc9c9ccccc79)C87c8ccccc8-c8ccccc87)ccc5n6-c5ccccc5)ccc23)C42c3ccccc3-c3ccccc32)cc1. The van der Waals surface area contributed by atoms with Crippen LogP contribution in [0.15, 0.2) is 406 Å². The van der Waals surface area contributed by atoms with Gasteiger partial charge in [-0.3, -0.25) is 0 Å². The molecule has 0 saturated heterocycles. The van der Waals surface area contributed by atoms with Gasteiger partial charge in [-0.1, -0.05) is 303 Å². The van der Waals surface area contributed by atoms with Gasteiger partial charge < -0.3 is 14.4 Å². The van der Waals surface area contributed by atoms with Crippen LogP contribution in [0.25, 0.3) is 148 Å². The summed E-state index contributed by atoms with van der Waals surface area (Å²) in [7, 11) is 0. The maximum absolute atomic E-state index is 2.61. The van der Waals surface area contributed by atoms with Gasteiger partial charge in [0.25, 0.3) is 0 Å². The van der Waals surface area contributed by atoms with Gasteiger partial charge in [-0.15, -0.1) is 0 Å². The Morgan fingerprint density at radius 3 is 1.13 bits per heavy atom. The van der Waals surface area contributed by atoms with Gasteiger partial charge in [0.15, 0.2) is 0 Å². The van der Waals surface area contributed by atoms with Crippen molar-refractivity contribution in [1.29, 1.82) is 0 Å². The molecule has 3 nitrogen and oxygen atoms in total. The Hall–Kier alpha value is -14.6. The Morgan fingerprint density at radius 1 is 0.195 bits per heavy atom. The summed E-state index contributed by atoms with van der Waals surface area (Å²) in [6, 6.07) is 154. The highest BCUT2D eigenvalue weighted by molar-refractivity contribution is 6.26. The van der Waals surface area contributed by atoms with Gasteiger partial charge in [0, 0.05) is 50.3 Å². The van der Waals surface area contributed by atoms with E-state index in [-0.39, 0.29) is 0 Å². The number of benzene rings is 20. The predicted molar refractivity (Wildman–Crippen MR) is 473 cm³/mol. The topological polar surface area (TPSA) is 11.4 Å². The highest BCUT2D eigenvalue weighted by atomic mass is 15.2. The molecular weight excluding hydrogens is 1360 g/mol. The first-order chi connectivity index (χ1) is 56.1. The van der Waals surface area contributed by atoms with E-state index in [0.717, 1.165) is 56.4 Å². The lowest BCUT2D eigenvalue weighted by molar-refractivity contribution is 0.802. The van der Waals surface area contributed by atoms with Gasteiger partial charge in [0.05, 0.1) is 27.6 Å². The van der Waals surface area contributed by atoms with Crippen molar-refractivity contribution in [2.24, 2.45) is 0 Å². The van der Waals surface area contributed by atoms with E-state index in [4.69, 9.17) is 0 Å². The molecule has 0 saturated carbocycles. The molecule has 0 aliphatic heterocycles. The molecule has 20 aromatic carbocycles. The first-order valence-electron chi connectivity index (χ1n) is 39.5. The fraction of sp³-hybridized carbons (Fsp3) is 0.0182. The molecule has 4 aliphatic rings. The monoisotopic (exact) mass is 1430 g/mol. The van der Waals surface area contributed by atoms with E-state index >= 15 is 0 Å². The molecule has 21 aromatic rings. The van der Waals surface area contributed by atoms with Crippen LogP contribution in [0, 0.1) is 0 Å². The minimum Gasteiger partial charge on any atom is -0.310 e. The van der Waals surface area contributed by atoms with Crippen LogP contribution in [0.3, 0.4) is 0 Å². The second-order valence-electron chi connectivity index (χ2n) is 31.1. The van der Waals surface area contributed by atoms with E-state index in [2.05, 4.69) is 421 Å². The van der Waals surface area contributed by atoms with Crippen molar-refractivity contribution in [2.75, 3.05) is 9.80 Å².